The maximum Gasteiger partial charge on any atom is 0.278 e. The molecule has 0 radical (unpaired) electrons. The monoisotopic (exact) mass is 511 g/mol. The number of hydrogen-bond acceptors (Lipinski definition) is 5. The van der Waals surface area contributed by atoms with Gasteiger partial charge in [-0.05, 0) is 79.1 Å². The number of ether oxygens (including phenoxy) is 1. The number of anilines is 1. The Morgan fingerprint density at radius 3 is 2.57 bits per heavy atom. The maximum absolute atomic E-state index is 14.9. The molecule has 2 aromatic heterocycles. The van der Waals surface area contributed by atoms with E-state index in [-0.39, 0.29) is 17.9 Å². The van der Waals surface area contributed by atoms with Gasteiger partial charge in [-0.15, -0.1) is 11.3 Å². The van der Waals surface area contributed by atoms with Crippen molar-refractivity contribution in [1.29, 1.82) is 0 Å². The topological polar surface area (TPSA) is 55.3 Å². The van der Waals surface area contributed by atoms with Crippen molar-refractivity contribution in [3.8, 4) is 16.2 Å². The molecule has 0 spiro atoms. The molecular weight excluding hydrogens is 485 g/mol. The predicted molar refractivity (Wildman–Crippen MR) is 147 cm³/mol. The van der Waals surface area contributed by atoms with Gasteiger partial charge in [0.1, 0.15) is 17.3 Å². The SMILES string of the molecule is CCCOc1ccc(-c2ccc(CN(C(=O)c3cnc4ccccc4n3)c3ccccc3F)s2)cc1C. The van der Waals surface area contributed by atoms with Crippen molar-refractivity contribution in [2.24, 2.45) is 0 Å². The van der Waals surface area contributed by atoms with Crippen LogP contribution in [0.1, 0.15) is 34.3 Å². The number of aryl methyl sites for hydroxylation is 1. The average Bonchev–Trinajstić information content (AvgIpc) is 3.39. The average molecular weight is 512 g/mol. The number of hydrogen-bond donors (Lipinski definition) is 0. The van der Waals surface area contributed by atoms with Crippen LogP contribution in [0.4, 0.5) is 10.1 Å². The minimum Gasteiger partial charge on any atom is -0.493 e. The smallest absolute Gasteiger partial charge is 0.278 e. The fraction of sp³-hybridized carbons (Fsp3) is 0.167. The molecule has 1 amide bonds. The van der Waals surface area contributed by atoms with Crippen LogP contribution in [-0.4, -0.2) is 22.5 Å². The summed E-state index contributed by atoms with van der Waals surface area (Å²) in [7, 11) is 0. The first kappa shape index (κ1) is 24.6. The Morgan fingerprint density at radius 2 is 1.78 bits per heavy atom. The van der Waals surface area contributed by atoms with Crippen LogP contribution in [0.3, 0.4) is 0 Å². The second kappa shape index (κ2) is 10.9. The van der Waals surface area contributed by atoms with Gasteiger partial charge in [-0.1, -0.05) is 31.2 Å². The number of aromatic nitrogens is 2. The Morgan fingerprint density at radius 1 is 1.00 bits per heavy atom. The second-order valence-corrected chi connectivity index (χ2v) is 9.85. The molecule has 5 rings (SSSR count). The van der Waals surface area contributed by atoms with Gasteiger partial charge >= 0.3 is 0 Å². The summed E-state index contributed by atoms with van der Waals surface area (Å²) in [6, 6.07) is 23.8. The lowest BCUT2D eigenvalue weighted by Crippen LogP contribution is -2.31. The summed E-state index contributed by atoms with van der Waals surface area (Å²) in [5.74, 6) is 0.00134. The van der Waals surface area contributed by atoms with Gasteiger partial charge in [-0.2, -0.15) is 0 Å². The molecule has 0 fully saturated rings. The van der Waals surface area contributed by atoms with E-state index in [0.29, 0.717) is 17.6 Å². The zero-order valence-electron chi connectivity index (χ0n) is 20.6. The summed E-state index contributed by atoms with van der Waals surface area (Å²) in [5, 5.41) is 0. The third-order valence-corrected chi connectivity index (χ3v) is 7.07. The maximum atomic E-state index is 14.9. The van der Waals surface area contributed by atoms with E-state index in [1.54, 1.807) is 35.6 Å². The molecule has 0 atom stereocenters. The number of rotatable bonds is 8. The minimum absolute atomic E-state index is 0.164. The van der Waals surface area contributed by atoms with Crippen LogP contribution in [0.5, 0.6) is 5.75 Å². The van der Waals surface area contributed by atoms with Gasteiger partial charge in [-0.3, -0.25) is 14.7 Å². The predicted octanol–water partition coefficient (Wildman–Crippen LogP) is 7.44. The zero-order valence-corrected chi connectivity index (χ0v) is 21.5. The third-order valence-electron chi connectivity index (χ3n) is 5.95. The Hall–Kier alpha value is -4.10. The number of halogens is 1. The number of benzene rings is 3. The standard InChI is InChI=1S/C30H26FN3O2S/c1-3-16-36-28-14-12-21(17-20(28)2)29-15-13-22(37-29)19-34(27-11-7-4-8-23(27)31)30(35)26-18-32-24-9-5-6-10-25(24)33-26/h4-15,17-18H,3,16,19H2,1-2H3. The summed E-state index contributed by atoms with van der Waals surface area (Å²) in [6.45, 7) is 5.01. The molecular formula is C30H26FN3O2S. The fourth-order valence-corrected chi connectivity index (χ4v) is 5.08. The lowest BCUT2D eigenvalue weighted by molar-refractivity contribution is 0.0979. The molecule has 2 heterocycles. The molecule has 0 saturated heterocycles. The molecule has 186 valence electrons. The fourth-order valence-electron chi connectivity index (χ4n) is 4.09. The van der Waals surface area contributed by atoms with Crippen molar-refractivity contribution in [3.63, 3.8) is 0 Å². The lowest BCUT2D eigenvalue weighted by atomic mass is 10.1. The summed E-state index contributed by atoms with van der Waals surface area (Å²) in [6.07, 6.45) is 2.40. The highest BCUT2D eigenvalue weighted by molar-refractivity contribution is 7.15. The van der Waals surface area contributed by atoms with E-state index >= 15 is 0 Å². The normalized spacial score (nSPS) is 11.0. The largest absolute Gasteiger partial charge is 0.493 e. The van der Waals surface area contributed by atoms with Crippen LogP contribution in [0, 0.1) is 12.7 Å². The van der Waals surface area contributed by atoms with Crippen LogP contribution in [0.15, 0.2) is 85.1 Å². The van der Waals surface area contributed by atoms with Gasteiger partial charge in [0.15, 0.2) is 0 Å². The number of nitrogens with zero attached hydrogens (tertiary/aromatic N) is 3. The van der Waals surface area contributed by atoms with E-state index in [2.05, 4.69) is 23.0 Å². The first-order valence-electron chi connectivity index (χ1n) is 12.1. The first-order valence-corrected chi connectivity index (χ1v) is 13.0. The van der Waals surface area contributed by atoms with E-state index in [4.69, 9.17) is 4.74 Å². The van der Waals surface area contributed by atoms with Crippen molar-refractivity contribution < 1.29 is 13.9 Å². The number of amides is 1. The quantitative estimate of drug-likeness (QED) is 0.217. The summed E-state index contributed by atoms with van der Waals surface area (Å²) in [4.78, 5) is 25.9. The molecule has 37 heavy (non-hydrogen) atoms. The molecule has 0 N–H and O–H groups in total. The third kappa shape index (κ3) is 5.37. The Bertz CT molecular complexity index is 1570. The van der Waals surface area contributed by atoms with Crippen LogP contribution < -0.4 is 9.64 Å². The van der Waals surface area contributed by atoms with Gasteiger partial charge in [0.25, 0.3) is 5.91 Å². The summed E-state index contributed by atoms with van der Waals surface area (Å²) >= 11 is 1.57. The van der Waals surface area contributed by atoms with Crippen molar-refractivity contribution in [2.45, 2.75) is 26.8 Å². The van der Waals surface area contributed by atoms with Crippen LogP contribution in [0.2, 0.25) is 0 Å². The number of thiophene rings is 1. The molecule has 0 aliphatic rings. The van der Waals surface area contributed by atoms with Crippen molar-refractivity contribution in [2.75, 3.05) is 11.5 Å². The highest BCUT2D eigenvalue weighted by atomic mass is 32.1. The minimum atomic E-state index is -0.473. The number of fused-ring (bicyclic) bond motifs is 1. The van der Waals surface area contributed by atoms with E-state index in [9.17, 15) is 9.18 Å². The van der Waals surface area contributed by atoms with Crippen molar-refractivity contribution in [3.05, 3.63) is 107 Å². The first-order chi connectivity index (χ1) is 18.0. The molecule has 0 aliphatic heterocycles. The molecule has 0 saturated carbocycles. The van der Waals surface area contributed by atoms with E-state index in [1.807, 2.05) is 49.4 Å². The van der Waals surface area contributed by atoms with E-state index in [0.717, 1.165) is 33.1 Å². The Kier molecular flexibility index (Phi) is 7.23. The molecule has 3 aromatic carbocycles. The number of carbonyl (C=O) groups is 1. The highest BCUT2D eigenvalue weighted by Gasteiger charge is 2.23. The van der Waals surface area contributed by atoms with Gasteiger partial charge in [0, 0.05) is 9.75 Å². The summed E-state index contributed by atoms with van der Waals surface area (Å²) in [5.41, 5.74) is 3.81. The Labute approximate surface area is 219 Å². The van der Waals surface area contributed by atoms with Gasteiger partial charge in [0.05, 0.1) is 36.1 Å². The van der Waals surface area contributed by atoms with Gasteiger partial charge in [0.2, 0.25) is 0 Å². The van der Waals surface area contributed by atoms with Gasteiger partial charge < -0.3 is 4.74 Å². The highest BCUT2D eigenvalue weighted by Crippen LogP contribution is 2.33. The second-order valence-electron chi connectivity index (χ2n) is 8.68. The summed E-state index contributed by atoms with van der Waals surface area (Å²) < 4.78 is 20.7. The molecule has 7 heteroatoms. The van der Waals surface area contributed by atoms with Crippen molar-refractivity contribution >= 4 is 34.0 Å². The van der Waals surface area contributed by atoms with Gasteiger partial charge in [-0.25, -0.2) is 9.37 Å². The van der Waals surface area contributed by atoms with Crippen LogP contribution >= 0.6 is 11.3 Å². The van der Waals surface area contributed by atoms with Crippen LogP contribution in [0.25, 0.3) is 21.5 Å². The molecule has 5 aromatic rings. The number of para-hydroxylation sites is 3. The van der Waals surface area contributed by atoms with E-state index in [1.165, 1.54) is 17.2 Å². The number of carbonyl (C=O) groups excluding carboxylic acids is 1. The van der Waals surface area contributed by atoms with Crippen molar-refractivity contribution in [1.82, 2.24) is 9.97 Å². The van der Waals surface area contributed by atoms with E-state index < -0.39 is 11.7 Å². The molecule has 0 unspecified atom stereocenters. The lowest BCUT2D eigenvalue weighted by Gasteiger charge is -2.22. The van der Waals surface area contributed by atoms with Crippen LogP contribution in [-0.2, 0) is 6.54 Å². The molecule has 0 aliphatic carbocycles. The molecule has 0 bridgehead atoms. The molecule has 5 nitrogen and oxygen atoms in total. The Balaban J connectivity index is 1.45. The zero-order chi connectivity index (χ0) is 25.8.